The SMILES string of the molecule is Cc1ccc(C)c(S(=O)(=O)N2CCN(Cc3cccc(Cl)c3)CC2)c1.Cl. The standard InChI is InChI=1S/C19H23ClN2O2S.ClH/c1-15-6-7-16(2)19(12-15)25(23,24)22-10-8-21(9-11-22)14-17-4-3-5-18(20)13-17;/h3-7,12-13H,8-11,14H2,1-2H3;1H. The molecule has 0 aromatic heterocycles. The van der Waals surface area contributed by atoms with E-state index in [4.69, 9.17) is 11.6 Å². The van der Waals surface area contributed by atoms with Crippen molar-refractivity contribution in [2.24, 2.45) is 0 Å². The Labute approximate surface area is 167 Å². The molecule has 0 unspecified atom stereocenters. The Morgan fingerprint density at radius 3 is 2.35 bits per heavy atom. The van der Waals surface area contributed by atoms with Crippen LogP contribution in [0.2, 0.25) is 5.02 Å². The van der Waals surface area contributed by atoms with Gasteiger partial charge in [0.1, 0.15) is 0 Å². The van der Waals surface area contributed by atoms with Crippen LogP contribution in [0.25, 0.3) is 0 Å². The van der Waals surface area contributed by atoms with Crippen LogP contribution in [0.5, 0.6) is 0 Å². The van der Waals surface area contributed by atoms with Crippen LogP contribution in [0.4, 0.5) is 0 Å². The highest BCUT2D eigenvalue weighted by Crippen LogP contribution is 2.23. The van der Waals surface area contributed by atoms with E-state index in [9.17, 15) is 8.42 Å². The number of sulfonamides is 1. The average Bonchev–Trinajstić information content (AvgIpc) is 2.57. The minimum absolute atomic E-state index is 0. The minimum Gasteiger partial charge on any atom is -0.296 e. The van der Waals surface area contributed by atoms with E-state index in [-0.39, 0.29) is 12.4 Å². The Morgan fingerprint density at radius 1 is 1.00 bits per heavy atom. The monoisotopic (exact) mass is 414 g/mol. The first kappa shape index (κ1) is 21.2. The fourth-order valence-corrected chi connectivity index (χ4v) is 5.09. The number of halogens is 2. The molecule has 1 aliphatic heterocycles. The van der Waals surface area contributed by atoms with Crippen LogP contribution in [0, 0.1) is 13.8 Å². The van der Waals surface area contributed by atoms with Crippen LogP contribution >= 0.6 is 24.0 Å². The van der Waals surface area contributed by atoms with E-state index in [2.05, 4.69) is 4.90 Å². The second-order valence-electron chi connectivity index (χ2n) is 6.58. The summed E-state index contributed by atoms with van der Waals surface area (Å²) in [5.74, 6) is 0. The third kappa shape index (κ3) is 4.78. The fourth-order valence-electron chi connectivity index (χ4n) is 3.15. The van der Waals surface area contributed by atoms with Gasteiger partial charge in [-0.3, -0.25) is 4.90 Å². The van der Waals surface area contributed by atoms with Crippen molar-refractivity contribution in [1.82, 2.24) is 9.21 Å². The summed E-state index contributed by atoms with van der Waals surface area (Å²) in [5, 5.41) is 0.730. The molecule has 0 N–H and O–H groups in total. The van der Waals surface area contributed by atoms with Crippen LogP contribution in [-0.4, -0.2) is 43.8 Å². The Bertz CT molecular complexity index is 864. The maximum absolute atomic E-state index is 13.0. The molecule has 1 heterocycles. The number of aryl methyl sites for hydroxylation is 2. The van der Waals surface area contributed by atoms with Crippen LogP contribution < -0.4 is 0 Å². The highest BCUT2D eigenvalue weighted by Gasteiger charge is 2.29. The van der Waals surface area contributed by atoms with E-state index >= 15 is 0 Å². The number of hydrogen-bond acceptors (Lipinski definition) is 3. The van der Waals surface area contributed by atoms with E-state index in [1.54, 1.807) is 10.4 Å². The molecule has 1 saturated heterocycles. The van der Waals surface area contributed by atoms with Crippen LogP contribution in [0.15, 0.2) is 47.4 Å². The quantitative estimate of drug-likeness (QED) is 0.761. The van der Waals surface area contributed by atoms with Gasteiger partial charge in [-0.2, -0.15) is 4.31 Å². The largest absolute Gasteiger partial charge is 0.296 e. The Hall–Kier alpha value is -1.11. The van der Waals surface area contributed by atoms with E-state index in [1.165, 1.54) is 0 Å². The number of hydrogen-bond donors (Lipinski definition) is 0. The van der Waals surface area contributed by atoms with Crippen molar-refractivity contribution < 1.29 is 8.42 Å². The van der Waals surface area contributed by atoms with Gasteiger partial charge in [0, 0.05) is 37.7 Å². The van der Waals surface area contributed by atoms with E-state index in [0.29, 0.717) is 18.0 Å². The number of nitrogens with zero attached hydrogens (tertiary/aromatic N) is 2. The fraction of sp³-hybridized carbons (Fsp3) is 0.368. The molecule has 0 radical (unpaired) electrons. The van der Waals surface area contributed by atoms with Gasteiger partial charge in [-0.25, -0.2) is 8.42 Å². The van der Waals surface area contributed by atoms with Crippen molar-refractivity contribution in [3.8, 4) is 0 Å². The summed E-state index contributed by atoms with van der Waals surface area (Å²) in [6.07, 6.45) is 0. The molecule has 7 heteroatoms. The van der Waals surface area contributed by atoms with Gasteiger partial charge in [-0.1, -0.05) is 35.9 Å². The molecule has 1 aliphatic rings. The number of piperazine rings is 1. The first-order valence-electron chi connectivity index (χ1n) is 8.40. The van der Waals surface area contributed by atoms with E-state index in [1.807, 2.05) is 50.2 Å². The lowest BCUT2D eigenvalue weighted by Gasteiger charge is -2.34. The third-order valence-corrected chi connectivity index (χ3v) is 6.86. The van der Waals surface area contributed by atoms with Gasteiger partial charge in [-0.15, -0.1) is 12.4 Å². The Morgan fingerprint density at radius 2 is 1.69 bits per heavy atom. The summed E-state index contributed by atoms with van der Waals surface area (Å²) < 4.78 is 27.5. The van der Waals surface area contributed by atoms with E-state index < -0.39 is 10.0 Å². The molecule has 26 heavy (non-hydrogen) atoms. The molecule has 0 saturated carbocycles. The van der Waals surface area contributed by atoms with Crippen LogP contribution in [0.3, 0.4) is 0 Å². The minimum atomic E-state index is -3.43. The lowest BCUT2D eigenvalue weighted by molar-refractivity contribution is 0.181. The van der Waals surface area contributed by atoms with Crippen molar-refractivity contribution in [2.75, 3.05) is 26.2 Å². The molecular formula is C19H24Cl2N2O2S. The molecular weight excluding hydrogens is 391 g/mol. The maximum atomic E-state index is 13.0. The van der Waals surface area contributed by atoms with Gasteiger partial charge in [0.25, 0.3) is 0 Å². The van der Waals surface area contributed by atoms with Gasteiger partial charge in [0.2, 0.25) is 10.0 Å². The zero-order valence-electron chi connectivity index (χ0n) is 15.0. The molecule has 2 aromatic rings. The topological polar surface area (TPSA) is 40.6 Å². The summed E-state index contributed by atoms with van der Waals surface area (Å²) in [4.78, 5) is 2.69. The summed E-state index contributed by atoms with van der Waals surface area (Å²) in [5.41, 5.74) is 2.91. The predicted octanol–water partition coefficient (Wildman–Crippen LogP) is 3.89. The molecule has 0 atom stereocenters. The molecule has 4 nitrogen and oxygen atoms in total. The summed E-state index contributed by atoms with van der Waals surface area (Å²) in [6.45, 7) is 7.01. The molecule has 0 amide bonds. The second kappa shape index (κ2) is 8.72. The van der Waals surface area contributed by atoms with Gasteiger partial charge < -0.3 is 0 Å². The van der Waals surface area contributed by atoms with Gasteiger partial charge >= 0.3 is 0 Å². The van der Waals surface area contributed by atoms with Crippen molar-refractivity contribution in [1.29, 1.82) is 0 Å². The molecule has 1 fully saturated rings. The van der Waals surface area contributed by atoms with Crippen LogP contribution in [-0.2, 0) is 16.6 Å². The smallest absolute Gasteiger partial charge is 0.243 e. The summed E-state index contributed by atoms with van der Waals surface area (Å²) in [6, 6.07) is 13.4. The zero-order valence-corrected chi connectivity index (χ0v) is 17.4. The summed E-state index contributed by atoms with van der Waals surface area (Å²) in [7, 11) is -3.43. The molecule has 0 spiro atoms. The zero-order chi connectivity index (χ0) is 18.0. The van der Waals surface area contributed by atoms with Crippen molar-refractivity contribution >= 4 is 34.0 Å². The van der Waals surface area contributed by atoms with Gasteiger partial charge in [0.15, 0.2) is 0 Å². The first-order valence-corrected chi connectivity index (χ1v) is 10.2. The maximum Gasteiger partial charge on any atom is 0.243 e. The number of rotatable bonds is 4. The lowest BCUT2D eigenvalue weighted by atomic mass is 10.2. The Balaban J connectivity index is 0.00000243. The van der Waals surface area contributed by atoms with Crippen molar-refractivity contribution in [2.45, 2.75) is 25.3 Å². The lowest BCUT2D eigenvalue weighted by Crippen LogP contribution is -2.48. The average molecular weight is 415 g/mol. The molecule has 0 aliphatic carbocycles. The number of benzene rings is 2. The third-order valence-electron chi connectivity index (χ3n) is 4.59. The van der Waals surface area contributed by atoms with Gasteiger partial charge in [-0.05, 0) is 48.7 Å². The normalized spacial score (nSPS) is 16.3. The highest BCUT2D eigenvalue weighted by atomic mass is 35.5. The van der Waals surface area contributed by atoms with Gasteiger partial charge in [0.05, 0.1) is 4.90 Å². The van der Waals surface area contributed by atoms with Crippen molar-refractivity contribution in [3.05, 3.63) is 64.2 Å². The Kier molecular flexibility index (Phi) is 7.11. The second-order valence-corrected chi connectivity index (χ2v) is 8.92. The highest BCUT2D eigenvalue weighted by molar-refractivity contribution is 7.89. The molecule has 0 bridgehead atoms. The predicted molar refractivity (Wildman–Crippen MR) is 109 cm³/mol. The van der Waals surface area contributed by atoms with Crippen molar-refractivity contribution in [3.63, 3.8) is 0 Å². The molecule has 142 valence electrons. The van der Waals surface area contributed by atoms with E-state index in [0.717, 1.165) is 41.3 Å². The first-order chi connectivity index (χ1) is 11.9. The molecule has 2 aromatic carbocycles. The molecule has 3 rings (SSSR count). The van der Waals surface area contributed by atoms with Crippen LogP contribution in [0.1, 0.15) is 16.7 Å². The summed E-state index contributed by atoms with van der Waals surface area (Å²) >= 11 is 6.03.